The van der Waals surface area contributed by atoms with Crippen LogP contribution in [0.25, 0.3) is 0 Å². The molecule has 0 radical (unpaired) electrons. The number of halogens is 1. The van der Waals surface area contributed by atoms with Crippen molar-refractivity contribution in [3.05, 3.63) is 22.6 Å². The lowest BCUT2D eigenvalue weighted by Gasteiger charge is -2.27. The number of carbonyl (C=O) groups excluding carboxylic acids is 1. The topological polar surface area (TPSA) is 53.7 Å². The molecule has 0 bridgehead atoms. The lowest BCUT2D eigenvalue weighted by atomic mass is 10.1. The van der Waals surface area contributed by atoms with E-state index in [9.17, 15) is 9.90 Å². The van der Waals surface area contributed by atoms with Gasteiger partial charge in [-0.2, -0.15) is 0 Å². The monoisotopic (exact) mass is 289 g/mol. The summed E-state index contributed by atoms with van der Waals surface area (Å²) in [4.78, 5) is 13.5. The minimum absolute atomic E-state index is 0.213. The molecular weight excluding hydrogens is 274 g/mol. The molecule has 0 spiro atoms. The fraction of sp³-hybridized carbons (Fsp3) is 0.545. The Balaban J connectivity index is 2.78. The van der Waals surface area contributed by atoms with Gasteiger partial charge in [0.05, 0.1) is 5.60 Å². The number of nitrogens with zero attached hydrogens (tertiary/aromatic N) is 1. The van der Waals surface area contributed by atoms with Crippen LogP contribution in [0.2, 0.25) is 0 Å². The SMILES string of the molecule is CCN(CC(C)(C)O)C(=O)c1ccc(Br)o1. The molecule has 1 N–H and O–H groups in total. The van der Waals surface area contributed by atoms with Gasteiger partial charge < -0.3 is 14.4 Å². The van der Waals surface area contributed by atoms with Crippen LogP contribution in [-0.4, -0.2) is 34.6 Å². The van der Waals surface area contributed by atoms with E-state index in [2.05, 4.69) is 15.9 Å². The molecule has 0 saturated carbocycles. The number of carbonyl (C=O) groups is 1. The predicted octanol–water partition coefficient (Wildman–Crippen LogP) is 2.28. The molecule has 0 saturated heterocycles. The van der Waals surface area contributed by atoms with Crippen molar-refractivity contribution in [3.8, 4) is 0 Å². The van der Waals surface area contributed by atoms with Gasteiger partial charge in [0.1, 0.15) is 0 Å². The van der Waals surface area contributed by atoms with E-state index in [1.165, 1.54) is 0 Å². The van der Waals surface area contributed by atoms with Crippen LogP contribution in [0.5, 0.6) is 0 Å². The van der Waals surface area contributed by atoms with Crippen molar-refractivity contribution in [1.29, 1.82) is 0 Å². The highest BCUT2D eigenvalue weighted by Gasteiger charge is 2.23. The van der Waals surface area contributed by atoms with E-state index in [1.807, 2.05) is 6.92 Å². The van der Waals surface area contributed by atoms with Crippen LogP contribution in [0.4, 0.5) is 0 Å². The van der Waals surface area contributed by atoms with Crippen molar-refractivity contribution in [2.24, 2.45) is 0 Å². The van der Waals surface area contributed by atoms with E-state index in [-0.39, 0.29) is 18.2 Å². The Morgan fingerprint density at radius 2 is 2.19 bits per heavy atom. The molecule has 0 aliphatic carbocycles. The van der Waals surface area contributed by atoms with E-state index in [0.29, 0.717) is 11.2 Å². The Hall–Kier alpha value is -0.810. The highest BCUT2D eigenvalue weighted by molar-refractivity contribution is 9.10. The maximum atomic E-state index is 12.0. The van der Waals surface area contributed by atoms with Gasteiger partial charge in [0.15, 0.2) is 10.4 Å². The molecule has 0 unspecified atom stereocenters. The summed E-state index contributed by atoms with van der Waals surface area (Å²) in [7, 11) is 0. The molecule has 1 heterocycles. The van der Waals surface area contributed by atoms with E-state index >= 15 is 0 Å². The van der Waals surface area contributed by atoms with Crippen molar-refractivity contribution in [2.45, 2.75) is 26.4 Å². The lowest BCUT2D eigenvalue weighted by Crippen LogP contribution is -2.42. The second-order valence-corrected chi connectivity index (χ2v) is 5.02. The third-order valence-corrected chi connectivity index (χ3v) is 2.46. The highest BCUT2D eigenvalue weighted by atomic mass is 79.9. The average Bonchev–Trinajstić information content (AvgIpc) is 2.58. The molecule has 5 heteroatoms. The molecule has 0 fully saturated rings. The summed E-state index contributed by atoms with van der Waals surface area (Å²) < 4.78 is 5.71. The first-order valence-electron chi connectivity index (χ1n) is 5.10. The predicted molar refractivity (Wildman–Crippen MR) is 64.3 cm³/mol. The third kappa shape index (κ3) is 3.64. The molecule has 0 atom stereocenters. The van der Waals surface area contributed by atoms with E-state index in [0.717, 1.165) is 0 Å². The van der Waals surface area contributed by atoms with Gasteiger partial charge in [-0.3, -0.25) is 4.79 Å². The van der Waals surface area contributed by atoms with Crippen molar-refractivity contribution in [2.75, 3.05) is 13.1 Å². The van der Waals surface area contributed by atoms with Crippen molar-refractivity contribution in [3.63, 3.8) is 0 Å². The molecule has 1 aromatic rings. The molecule has 90 valence electrons. The van der Waals surface area contributed by atoms with Crippen LogP contribution in [0, 0.1) is 0 Å². The van der Waals surface area contributed by atoms with Gasteiger partial charge in [0.2, 0.25) is 0 Å². The Bertz CT molecular complexity index is 368. The van der Waals surface area contributed by atoms with Crippen LogP contribution in [0.15, 0.2) is 21.2 Å². The van der Waals surface area contributed by atoms with Gasteiger partial charge in [-0.15, -0.1) is 0 Å². The molecule has 1 rings (SSSR count). The summed E-state index contributed by atoms with van der Waals surface area (Å²) in [5.41, 5.74) is -0.907. The van der Waals surface area contributed by atoms with Gasteiger partial charge in [-0.05, 0) is 48.8 Å². The summed E-state index contributed by atoms with van der Waals surface area (Å²) in [5, 5.41) is 9.69. The zero-order valence-electron chi connectivity index (χ0n) is 9.66. The first-order chi connectivity index (χ1) is 7.33. The molecule has 4 nitrogen and oxygen atoms in total. The summed E-state index contributed by atoms with van der Waals surface area (Å²) in [5.74, 6) is 0.0632. The number of likely N-dealkylation sites (N-methyl/N-ethyl adjacent to an activating group) is 1. The van der Waals surface area contributed by atoms with Crippen LogP contribution >= 0.6 is 15.9 Å². The molecule has 0 aliphatic rings. The molecule has 1 amide bonds. The van der Waals surface area contributed by atoms with Gasteiger partial charge in [0.25, 0.3) is 5.91 Å². The Kier molecular flexibility index (Phi) is 4.15. The molecule has 0 aliphatic heterocycles. The molecular formula is C11H16BrNO3. The second-order valence-electron chi connectivity index (χ2n) is 4.24. The average molecular weight is 290 g/mol. The van der Waals surface area contributed by atoms with Gasteiger partial charge in [-0.1, -0.05) is 0 Å². The minimum Gasteiger partial charge on any atom is -0.444 e. The van der Waals surface area contributed by atoms with Crippen molar-refractivity contribution < 1.29 is 14.3 Å². The summed E-state index contributed by atoms with van der Waals surface area (Å²) >= 11 is 3.15. The molecule has 16 heavy (non-hydrogen) atoms. The van der Waals surface area contributed by atoms with Crippen LogP contribution < -0.4 is 0 Å². The Labute approximate surface area is 103 Å². The number of rotatable bonds is 4. The zero-order chi connectivity index (χ0) is 12.3. The molecule has 1 aromatic heterocycles. The fourth-order valence-corrected chi connectivity index (χ4v) is 1.69. The largest absolute Gasteiger partial charge is 0.444 e. The Morgan fingerprint density at radius 3 is 2.56 bits per heavy atom. The first kappa shape index (κ1) is 13.3. The van der Waals surface area contributed by atoms with Gasteiger partial charge >= 0.3 is 0 Å². The number of hydrogen-bond acceptors (Lipinski definition) is 3. The smallest absolute Gasteiger partial charge is 0.289 e. The van der Waals surface area contributed by atoms with Gasteiger partial charge in [0, 0.05) is 13.1 Å². The maximum Gasteiger partial charge on any atom is 0.289 e. The van der Waals surface area contributed by atoms with E-state index in [1.54, 1.807) is 30.9 Å². The third-order valence-electron chi connectivity index (χ3n) is 2.03. The number of furan rings is 1. The first-order valence-corrected chi connectivity index (χ1v) is 5.90. The van der Waals surface area contributed by atoms with E-state index < -0.39 is 5.60 Å². The standard InChI is InChI=1S/C11H16BrNO3/c1-4-13(7-11(2,3)15)10(14)8-5-6-9(12)16-8/h5-6,15H,4,7H2,1-3H3. The summed E-state index contributed by atoms with van der Waals surface area (Å²) in [6, 6.07) is 3.28. The van der Waals surface area contributed by atoms with Gasteiger partial charge in [-0.25, -0.2) is 0 Å². The highest BCUT2D eigenvalue weighted by Crippen LogP contribution is 2.16. The quantitative estimate of drug-likeness (QED) is 0.925. The zero-order valence-corrected chi connectivity index (χ0v) is 11.2. The number of hydrogen-bond donors (Lipinski definition) is 1. The van der Waals surface area contributed by atoms with Crippen LogP contribution in [-0.2, 0) is 0 Å². The Morgan fingerprint density at radius 1 is 1.56 bits per heavy atom. The number of aliphatic hydroxyl groups is 1. The molecule has 0 aromatic carbocycles. The second kappa shape index (κ2) is 5.01. The number of amides is 1. The normalized spacial score (nSPS) is 11.6. The fourth-order valence-electron chi connectivity index (χ4n) is 1.38. The maximum absolute atomic E-state index is 12.0. The summed E-state index contributed by atoms with van der Waals surface area (Å²) in [6.45, 7) is 6.01. The van der Waals surface area contributed by atoms with E-state index in [4.69, 9.17) is 4.42 Å². The van der Waals surface area contributed by atoms with Crippen LogP contribution in [0.1, 0.15) is 31.3 Å². The summed E-state index contributed by atoms with van der Waals surface area (Å²) in [6.07, 6.45) is 0. The van der Waals surface area contributed by atoms with Crippen LogP contribution in [0.3, 0.4) is 0 Å². The van der Waals surface area contributed by atoms with Crippen molar-refractivity contribution >= 4 is 21.8 Å². The van der Waals surface area contributed by atoms with Crippen molar-refractivity contribution in [1.82, 2.24) is 4.90 Å². The lowest BCUT2D eigenvalue weighted by molar-refractivity contribution is 0.0298. The minimum atomic E-state index is -0.907.